The highest BCUT2D eigenvalue weighted by atomic mass is 19.1. The molecular weight excluding hydrogens is 407 g/mol. The smallest absolute Gasteiger partial charge is 0.225 e. The fourth-order valence-corrected chi connectivity index (χ4v) is 4.80. The van der Waals surface area contributed by atoms with E-state index >= 15 is 0 Å². The molecule has 172 valence electrons. The number of benzene rings is 1. The van der Waals surface area contributed by atoms with E-state index < -0.39 is 5.82 Å². The Bertz CT molecular complexity index is 975. The lowest BCUT2D eigenvalue weighted by Gasteiger charge is -2.39. The van der Waals surface area contributed by atoms with Crippen LogP contribution in [0.15, 0.2) is 24.3 Å². The molecule has 1 saturated heterocycles. The van der Waals surface area contributed by atoms with Crippen LogP contribution in [0.5, 0.6) is 0 Å². The van der Waals surface area contributed by atoms with E-state index in [0.717, 1.165) is 31.6 Å². The van der Waals surface area contributed by atoms with Gasteiger partial charge in [-0.05, 0) is 63.5 Å². The van der Waals surface area contributed by atoms with Crippen LogP contribution in [-0.4, -0.2) is 34.5 Å². The van der Waals surface area contributed by atoms with E-state index in [2.05, 4.69) is 34.0 Å². The predicted molar refractivity (Wildman–Crippen MR) is 125 cm³/mol. The van der Waals surface area contributed by atoms with Crippen molar-refractivity contribution in [2.75, 3.05) is 22.9 Å². The third kappa shape index (κ3) is 4.95. The van der Waals surface area contributed by atoms with Gasteiger partial charge in [0.2, 0.25) is 11.9 Å². The molecule has 32 heavy (non-hydrogen) atoms. The van der Waals surface area contributed by atoms with Gasteiger partial charge in [0.05, 0.1) is 17.3 Å². The molecule has 1 amide bonds. The zero-order valence-electron chi connectivity index (χ0n) is 18.9. The lowest BCUT2D eigenvalue weighted by Crippen LogP contribution is -2.49. The first kappa shape index (κ1) is 22.3. The molecule has 2 atom stereocenters. The Morgan fingerprint density at radius 3 is 2.53 bits per heavy atom. The van der Waals surface area contributed by atoms with Gasteiger partial charge in [0.15, 0.2) is 0 Å². The van der Waals surface area contributed by atoms with Crippen LogP contribution in [0, 0.1) is 17.7 Å². The van der Waals surface area contributed by atoms with Crippen LogP contribution < -0.4 is 21.7 Å². The number of halogens is 1. The fraction of sp³-hybridized carbons (Fsp3) is 0.542. The highest BCUT2D eigenvalue weighted by Crippen LogP contribution is 2.31. The van der Waals surface area contributed by atoms with E-state index in [0.29, 0.717) is 23.6 Å². The molecule has 2 aliphatic rings. The standard InChI is InChI=1S/C24H33FN6O/c1-14-3-8-18(9-4-14)28-23(32)17-6-5-15(2)31(13-17)22-12-21(29-24(27)30-22)16-7-10-20(26)19(25)11-16/h7,10-12,14-15,17-18H,3-6,8-9,13,26H2,1-2H3,(H,28,32)(H2,27,29,30)/t14?,15-,17+,18?/m1/s1. The second-order valence-corrected chi connectivity index (χ2v) is 9.45. The van der Waals surface area contributed by atoms with Crippen molar-refractivity contribution in [2.45, 2.75) is 64.5 Å². The van der Waals surface area contributed by atoms with Crippen molar-refractivity contribution in [3.05, 3.63) is 30.1 Å². The Morgan fingerprint density at radius 2 is 1.81 bits per heavy atom. The summed E-state index contributed by atoms with van der Waals surface area (Å²) in [6, 6.07) is 6.87. The lowest BCUT2D eigenvalue weighted by molar-refractivity contribution is -0.126. The summed E-state index contributed by atoms with van der Waals surface area (Å²) in [6.07, 6.45) is 6.20. The highest BCUT2D eigenvalue weighted by Gasteiger charge is 2.32. The zero-order valence-corrected chi connectivity index (χ0v) is 18.9. The monoisotopic (exact) mass is 440 g/mol. The molecule has 1 aliphatic carbocycles. The number of piperidine rings is 1. The number of amides is 1. The molecule has 1 saturated carbocycles. The maximum absolute atomic E-state index is 14.0. The third-order valence-electron chi connectivity index (χ3n) is 6.94. The number of anilines is 3. The van der Waals surface area contributed by atoms with Gasteiger partial charge in [-0.3, -0.25) is 4.79 Å². The summed E-state index contributed by atoms with van der Waals surface area (Å²) in [5, 5.41) is 3.28. The first-order chi connectivity index (χ1) is 15.3. The molecule has 0 radical (unpaired) electrons. The molecule has 7 nitrogen and oxygen atoms in total. The molecule has 1 aliphatic heterocycles. The minimum atomic E-state index is -0.499. The van der Waals surface area contributed by atoms with Crippen LogP contribution in [0.4, 0.5) is 21.8 Å². The number of nitrogen functional groups attached to an aromatic ring is 2. The van der Waals surface area contributed by atoms with Gasteiger partial charge in [0.1, 0.15) is 11.6 Å². The van der Waals surface area contributed by atoms with E-state index in [9.17, 15) is 9.18 Å². The minimum absolute atomic E-state index is 0.0851. The number of nitrogens with zero attached hydrogens (tertiary/aromatic N) is 3. The van der Waals surface area contributed by atoms with E-state index in [1.807, 2.05) is 0 Å². The molecule has 2 heterocycles. The van der Waals surface area contributed by atoms with Crippen LogP contribution in [-0.2, 0) is 4.79 Å². The number of nitrogens with one attached hydrogen (secondary N) is 1. The number of rotatable bonds is 4. The Labute approximate surface area is 188 Å². The van der Waals surface area contributed by atoms with E-state index in [1.54, 1.807) is 12.1 Å². The number of aromatic nitrogens is 2. The first-order valence-electron chi connectivity index (χ1n) is 11.6. The molecule has 1 aromatic carbocycles. The Balaban J connectivity index is 1.51. The van der Waals surface area contributed by atoms with Crippen molar-refractivity contribution in [1.29, 1.82) is 0 Å². The summed E-state index contributed by atoms with van der Waals surface area (Å²) >= 11 is 0. The molecule has 8 heteroatoms. The highest BCUT2D eigenvalue weighted by molar-refractivity contribution is 5.80. The molecule has 0 spiro atoms. The molecular formula is C24H33FN6O. The normalized spacial score (nSPS) is 26.0. The summed E-state index contributed by atoms with van der Waals surface area (Å²) < 4.78 is 14.0. The van der Waals surface area contributed by atoms with Gasteiger partial charge < -0.3 is 21.7 Å². The topological polar surface area (TPSA) is 110 Å². The number of carbonyl (C=O) groups is 1. The second-order valence-electron chi connectivity index (χ2n) is 9.45. The molecule has 2 aromatic rings. The summed E-state index contributed by atoms with van der Waals surface area (Å²) in [5.41, 5.74) is 12.8. The number of hydrogen-bond donors (Lipinski definition) is 3. The largest absolute Gasteiger partial charge is 0.396 e. The van der Waals surface area contributed by atoms with Crippen molar-refractivity contribution >= 4 is 23.4 Å². The summed E-state index contributed by atoms with van der Waals surface area (Å²) in [7, 11) is 0. The van der Waals surface area contributed by atoms with Gasteiger partial charge in [0.25, 0.3) is 0 Å². The summed E-state index contributed by atoms with van der Waals surface area (Å²) in [6.45, 7) is 4.97. The van der Waals surface area contributed by atoms with Crippen molar-refractivity contribution in [3.8, 4) is 11.3 Å². The molecule has 0 bridgehead atoms. The first-order valence-corrected chi connectivity index (χ1v) is 11.6. The lowest BCUT2D eigenvalue weighted by atomic mass is 9.86. The van der Waals surface area contributed by atoms with Gasteiger partial charge in [-0.1, -0.05) is 13.0 Å². The van der Waals surface area contributed by atoms with Gasteiger partial charge in [-0.2, -0.15) is 4.98 Å². The van der Waals surface area contributed by atoms with Crippen LogP contribution >= 0.6 is 0 Å². The minimum Gasteiger partial charge on any atom is -0.396 e. The number of hydrogen-bond acceptors (Lipinski definition) is 6. The van der Waals surface area contributed by atoms with E-state index in [-0.39, 0.29) is 35.5 Å². The van der Waals surface area contributed by atoms with Crippen molar-refractivity contribution in [1.82, 2.24) is 15.3 Å². The van der Waals surface area contributed by atoms with Crippen LogP contribution in [0.3, 0.4) is 0 Å². The van der Waals surface area contributed by atoms with Crippen molar-refractivity contribution < 1.29 is 9.18 Å². The van der Waals surface area contributed by atoms with E-state index in [1.165, 1.54) is 25.0 Å². The Morgan fingerprint density at radius 1 is 1.06 bits per heavy atom. The van der Waals surface area contributed by atoms with Crippen LogP contribution in [0.1, 0.15) is 52.4 Å². The second kappa shape index (κ2) is 9.30. The zero-order chi connectivity index (χ0) is 22.8. The van der Waals surface area contributed by atoms with Crippen LogP contribution in [0.25, 0.3) is 11.3 Å². The van der Waals surface area contributed by atoms with E-state index in [4.69, 9.17) is 11.5 Å². The molecule has 1 aromatic heterocycles. The average Bonchev–Trinajstić information content (AvgIpc) is 2.77. The summed E-state index contributed by atoms with van der Waals surface area (Å²) in [4.78, 5) is 23.8. The van der Waals surface area contributed by atoms with Crippen molar-refractivity contribution in [3.63, 3.8) is 0 Å². The third-order valence-corrected chi connectivity index (χ3v) is 6.94. The molecule has 2 fully saturated rings. The Kier molecular flexibility index (Phi) is 6.48. The van der Waals surface area contributed by atoms with Crippen molar-refractivity contribution in [2.24, 2.45) is 11.8 Å². The van der Waals surface area contributed by atoms with Gasteiger partial charge in [0, 0.05) is 30.3 Å². The molecule has 5 N–H and O–H groups in total. The van der Waals surface area contributed by atoms with Gasteiger partial charge in [-0.25, -0.2) is 9.37 Å². The van der Waals surface area contributed by atoms with Crippen LogP contribution in [0.2, 0.25) is 0 Å². The predicted octanol–water partition coefficient (Wildman–Crippen LogP) is 3.75. The maximum atomic E-state index is 14.0. The van der Waals surface area contributed by atoms with Gasteiger partial charge in [-0.15, -0.1) is 0 Å². The maximum Gasteiger partial charge on any atom is 0.225 e. The number of nitrogens with two attached hydrogens (primary N) is 2. The Hall–Kier alpha value is -2.90. The number of carbonyl (C=O) groups excluding carboxylic acids is 1. The summed E-state index contributed by atoms with van der Waals surface area (Å²) in [5.74, 6) is 1.05. The molecule has 0 unspecified atom stereocenters. The van der Waals surface area contributed by atoms with Gasteiger partial charge >= 0.3 is 0 Å². The average molecular weight is 441 g/mol. The quantitative estimate of drug-likeness (QED) is 0.625. The fourth-order valence-electron chi connectivity index (χ4n) is 4.80. The SMILES string of the molecule is CC1CCC(NC(=O)[C@H]2CC[C@@H](C)N(c3cc(-c4ccc(N)c(F)c4)nc(N)n3)C2)CC1. The molecule has 4 rings (SSSR count).